The first-order valence-electron chi connectivity index (χ1n) is 11.4. The van der Waals surface area contributed by atoms with Gasteiger partial charge in [0, 0.05) is 43.4 Å². The van der Waals surface area contributed by atoms with E-state index in [9.17, 15) is 19.2 Å². The van der Waals surface area contributed by atoms with E-state index in [2.05, 4.69) is 20.8 Å². The van der Waals surface area contributed by atoms with E-state index >= 15 is 0 Å². The number of hydrogen-bond acceptors (Lipinski definition) is 4. The molecule has 4 rings (SSSR count). The van der Waals surface area contributed by atoms with Gasteiger partial charge in [-0.3, -0.25) is 19.2 Å². The van der Waals surface area contributed by atoms with Gasteiger partial charge < -0.3 is 5.11 Å². The summed E-state index contributed by atoms with van der Waals surface area (Å²) in [5.41, 5.74) is -0.598. The Labute approximate surface area is 173 Å². The summed E-state index contributed by atoms with van der Waals surface area (Å²) in [6.45, 7) is 6.37. The highest BCUT2D eigenvalue weighted by atomic mass is 16.4. The molecule has 160 valence electrons. The molecule has 4 saturated carbocycles. The van der Waals surface area contributed by atoms with E-state index in [1.807, 2.05) is 0 Å². The SMILES string of the molecule is C[C@H](CCC(=O)O)[C@@H]1CC[C@@H]2[C@@H]3C(=O)C[C@@H]4CC(=O)CC[C@]4(C)[C@@H]3CC(=O)[C@@]21C. The molecule has 0 aromatic carbocycles. The fraction of sp³-hybridized carbons (Fsp3) is 0.833. The number of carbonyl (C=O) groups is 4. The van der Waals surface area contributed by atoms with Crippen LogP contribution in [0.2, 0.25) is 0 Å². The van der Waals surface area contributed by atoms with Crippen LogP contribution in [0.4, 0.5) is 0 Å². The number of rotatable bonds is 4. The van der Waals surface area contributed by atoms with Gasteiger partial charge in [-0.1, -0.05) is 20.8 Å². The van der Waals surface area contributed by atoms with Gasteiger partial charge in [-0.15, -0.1) is 0 Å². The highest BCUT2D eigenvalue weighted by Crippen LogP contribution is 2.66. The van der Waals surface area contributed by atoms with Crippen LogP contribution in [0.25, 0.3) is 0 Å². The molecule has 5 heteroatoms. The van der Waals surface area contributed by atoms with Gasteiger partial charge in [0.2, 0.25) is 0 Å². The molecule has 0 heterocycles. The molecule has 4 aliphatic carbocycles. The van der Waals surface area contributed by atoms with Crippen LogP contribution in [0.15, 0.2) is 0 Å². The van der Waals surface area contributed by atoms with Crippen LogP contribution in [0.1, 0.15) is 78.6 Å². The third kappa shape index (κ3) is 3.02. The van der Waals surface area contributed by atoms with Crippen molar-refractivity contribution in [2.45, 2.75) is 78.6 Å². The second-order valence-electron chi connectivity index (χ2n) is 10.9. The minimum atomic E-state index is -0.792. The molecule has 0 aromatic heterocycles. The third-order valence-electron chi connectivity index (χ3n) is 9.72. The lowest BCUT2D eigenvalue weighted by atomic mass is 9.44. The topological polar surface area (TPSA) is 88.5 Å². The molecule has 0 aromatic rings. The van der Waals surface area contributed by atoms with Gasteiger partial charge in [-0.2, -0.15) is 0 Å². The van der Waals surface area contributed by atoms with Crippen molar-refractivity contribution in [3.8, 4) is 0 Å². The van der Waals surface area contributed by atoms with Gasteiger partial charge in [0.1, 0.15) is 17.3 Å². The van der Waals surface area contributed by atoms with Crippen molar-refractivity contribution in [2.75, 3.05) is 0 Å². The van der Waals surface area contributed by atoms with Crippen molar-refractivity contribution in [3.05, 3.63) is 0 Å². The van der Waals surface area contributed by atoms with Crippen LogP contribution in [0.3, 0.4) is 0 Å². The highest BCUT2D eigenvalue weighted by Gasteiger charge is 2.66. The summed E-state index contributed by atoms with van der Waals surface area (Å²) in [4.78, 5) is 50.0. The average molecular weight is 403 g/mol. The Morgan fingerprint density at radius 3 is 2.52 bits per heavy atom. The van der Waals surface area contributed by atoms with E-state index in [0.717, 1.165) is 19.3 Å². The van der Waals surface area contributed by atoms with Gasteiger partial charge in [-0.25, -0.2) is 0 Å². The lowest BCUT2D eigenvalue weighted by molar-refractivity contribution is -0.166. The normalized spacial score (nSPS) is 45.3. The monoisotopic (exact) mass is 402 g/mol. The second-order valence-corrected chi connectivity index (χ2v) is 10.9. The van der Waals surface area contributed by atoms with Crippen LogP contribution in [-0.2, 0) is 19.2 Å². The predicted octanol–water partition coefficient (Wildman–Crippen LogP) is 4.07. The smallest absolute Gasteiger partial charge is 0.303 e. The van der Waals surface area contributed by atoms with Gasteiger partial charge in [0.05, 0.1) is 0 Å². The van der Waals surface area contributed by atoms with Crippen LogP contribution < -0.4 is 0 Å². The van der Waals surface area contributed by atoms with Crippen LogP contribution in [0, 0.1) is 46.3 Å². The lowest BCUT2D eigenvalue weighted by Gasteiger charge is -2.58. The lowest BCUT2D eigenvalue weighted by Crippen LogP contribution is -2.60. The van der Waals surface area contributed by atoms with E-state index in [4.69, 9.17) is 5.11 Å². The van der Waals surface area contributed by atoms with Crippen molar-refractivity contribution in [1.29, 1.82) is 0 Å². The largest absolute Gasteiger partial charge is 0.481 e. The summed E-state index contributed by atoms with van der Waals surface area (Å²) < 4.78 is 0. The predicted molar refractivity (Wildman–Crippen MR) is 107 cm³/mol. The fourth-order valence-corrected chi connectivity index (χ4v) is 7.94. The minimum absolute atomic E-state index is 0.0659. The molecule has 0 amide bonds. The molecule has 8 atom stereocenters. The average Bonchev–Trinajstić information content (AvgIpc) is 3.01. The Balaban J connectivity index is 1.63. The third-order valence-corrected chi connectivity index (χ3v) is 9.72. The first-order valence-corrected chi connectivity index (χ1v) is 11.4. The second kappa shape index (κ2) is 7.02. The van der Waals surface area contributed by atoms with Gasteiger partial charge in [0.25, 0.3) is 0 Å². The molecular formula is C24H34O5. The Kier molecular flexibility index (Phi) is 5.02. The Hall–Kier alpha value is -1.52. The van der Waals surface area contributed by atoms with E-state index < -0.39 is 11.4 Å². The van der Waals surface area contributed by atoms with Gasteiger partial charge in [0.15, 0.2) is 0 Å². The molecule has 1 N–H and O–H groups in total. The van der Waals surface area contributed by atoms with Crippen molar-refractivity contribution >= 4 is 23.3 Å². The van der Waals surface area contributed by atoms with Crippen LogP contribution in [0.5, 0.6) is 0 Å². The summed E-state index contributed by atoms with van der Waals surface area (Å²) in [5.74, 6) is 0.524. The zero-order valence-corrected chi connectivity index (χ0v) is 17.9. The van der Waals surface area contributed by atoms with Crippen LogP contribution in [-0.4, -0.2) is 28.4 Å². The van der Waals surface area contributed by atoms with E-state index in [1.54, 1.807) is 0 Å². The standard InChI is InChI=1S/C24H34O5/c1-13(4-7-21(28)29)16-5-6-17-22-18(12-20(27)24(16,17)3)23(2)9-8-15(25)10-14(23)11-19(22)26/h13-14,16-18,22H,4-12H2,1-3H3,(H,28,29)/t13-,14+,16+,17-,18-,22+,23+,24-/m1/s1. The summed E-state index contributed by atoms with van der Waals surface area (Å²) >= 11 is 0. The van der Waals surface area contributed by atoms with Crippen molar-refractivity contribution in [3.63, 3.8) is 0 Å². The van der Waals surface area contributed by atoms with Crippen molar-refractivity contribution < 1.29 is 24.3 Å². The summed E-state index contributed by atoms with van der Waals surface area (Å²) in [5, 5.41) is 9.06. The first kappa shape index (κ1) is 20.7. The Morgan fingerprint density at radius 2 is 1.83 bits per heavy atom. The number of aliphatic carboxylic acids is 1. The van der Waals surface area contributed by atoms with E-state index in [1.165, 1.54) is 0 Å². The number of hydrogen-bond donors (Lipinski definition) is 1. The molecule has 4 fully saturated rings. The zero-order chi connectivity index (χ0) is 21.1. The Bertz CT molecular complexity index is 756. The highest BCUT2D eigenvalue weighted by molar-refractivity contribution is 5.93. The molecule has 0 spiro atoms. The first-order chi connectivity index (χ1) is 13.6. The molecule has 4 aliphatic rings. The van der Waals surface area contributed by atoms with E-state index in [-0.39, 0.29) is 64.7 Å². The maximum absolute atomic E-state index is 13.6. The molecule has 0 saturated heterocycles. The molecule has 0 unspecified atom stereocenters. The van der Waals surface area contributed by atoms with Crippen LogP contribution >= 0.6 is 0 Å². The zero-order valence-electron chi connectivity index (χ0n) is 17.9. The Morgan fingerprint density at radius 1 is 1.10 bits per heavy atom. The summed E-state index contributed by atoms with van der Waals surface area (Å²) in [6.07, 6.45) is 5.33. The number of carbonyl (C=O) groups excluding carboxylic acids is 3. The minimum Gasteiger partial charge on any atom is -0.481 e. The molecule has 5 nitrogen and oxygen atoms in total. The van der Waals surface area contributed by atoms with Crippen molar-refractivity contribution in [1.82, 2.24) is 0 Å². The number of carboxylic acids is 1. The number of Topliss-reactive ketones (excluding diaryl/α,β-unsaturated/α-hetero) is 3. The molecule has 0 bridgehead atoms. The number of carboxylic acid groups (broad SMARTS) is 1. The number of fused-ring (bicyclic) bond motifs is 5. The maximum atomic E-state index is 13.6. The fourth-order valence-electron chi connectivity index (χ4n) is 7.94. The van der Waals surface area contributed by atoms with Gasteiger partial charge >= 0.3 is 5.97 Å². The number of ketones is 3. The molecule has 0 radical (unpaired) electrons. The van der Waals surface area contributed by atoms with Gasteiger partial charge in [-0.05, 0) is 60.7 Å². The van der Waals surface area contributed by atoms with E-state index in [0.29, 0.717) is 32.1 Å². The molecule has 29 heavy (non-hydrogen) atoms. The van der Waals surface area contributed by atoms with Crippen molar-refractivity contribution in [2.24, 2.45) is 46.3 Å². The maximum Gasteiger partial charge on any atom is 0.303 e. The molecule has 0 aliphatic heterocycles. The molecular weight excluding hydrogens is 368 g/mol. The summed E-state index contributed by atoms with van der Waals surface area (Å²) in [7, 11) is 0. The quantitative estimate of drug-likeness (QED) is 0.766. The summed E-state index contributed by atoms with van der Waals surface area (Å²) in [6, 6.07) is 0.